The van der Waals surface area contributed by atoms with E-state index in [4.69, 9.17) is 0 Å². The van der Waals surface area contributed by atoms with Crippen molar-refractivity contribution in [1.29, 1.82) is 0 Å². The van der Waals surface area contributed by atoms with Gasteiger partial charge >= 0.3 is 0 Å². The number of likely N-dealkylation sites (tertiary alicyclic amines) is 1. The molecule has 1 heterocycles. The topological polar surface area (TPSA) is 35.5 Å². The minimum absolute atomic E-state index is 0.127. The van der Waals surface area contributed by atoms with Crippen LogP contribution in [0.3, 0.4) is 0 Å². The number of likely N-dealkylation sites (N-methyl/N-ethyl adjacent to an activating group) is 1. The van der Waals surface area contributed by atoms with Crippen molar-refractivity contribution in [3.05, 3.63) is 35.9 Å². The summed E-state index contributed by atoms with van der Waals surface area (Å²) in [6.07, 6.45) is 3.90. The lowest BCUT2D eigenvalue weighted by Gasteiger charge is -2.36. The van der Waals surface area contributed by atoms with Gasteiger partial charge in [-0.15, -0.1) is 0 Å². The van der Waals surface area contributed by atoms with Crippen LogP contribution in [0.4, 0.5) is 0 Å². The van der Waals surface area contributed by atoms with Crippen molar-refractivity contribution in [2.24, 2.45) is 5.92 Å². The van der Waals surface area contributed by atoms with Crippen LogP contribution in [0.25, 0.3) is 0 Å². The number of hydrogen-bond acceptors (Lipinski definition) is 3. The predicted octanol–water partition coefficient (Wildman–Crippen LogP) is 2.22. The molecule has 3 heteroatoms. The number of nitrogens with zero attached hydrogens (tertiary/aromatic N) is 1. The maximum absolute atomic E-state index is 9.97. The Morgan fingerprint density at radius 2 is 2.10 bits per heavy atom. The maximum Gasteiger partial charge on any atom is 0.0795 e. The first-order valence-electron chi connectivity index (χ1n) is 7.81. The van der Waals surface area contributed by atoms with E-state index in [1.807, 2.05) is 25.2 Å². The van der Waals surface area contributed by atoms with Crippen molar-refractivity contribution >= 4 is 0 Å². The van der Waals surface area contributed by atoms with Gasteiger partial charge in [-0.3, -0.25) is 0 Å². The van der Waals surface area contributed by atoms with Gasteiger partial charge in [-0.2, -0.15) is 0 Å². The second kappa shape index (κ2) is 7.21. The number of aliphatic hydroxyl groups excluding tert-OH is 1. The van der Waals surface area contributed by atoms with E-state index in [2.05, 4.69) is 29.3 Å². The molecule has 0 amide bonds. The zero-order valence-electron chi connectivity index (χ0n) is 12.8. The predicted molar refractivity (Wildman–Crippen MR) is 83.7 cm³/mol. The summed E-state index contributed by atoms with van der Waals surface area (Å²) in [5, 5.41) is 13.3. The van der Waals surface area contributed by atoms with E-state index in [0.717, 1.165) is 19.0 Å². The number of aliphatic hydroxyl groups is 1. The van der Waals surface area contributed by atoms with Crippen LogP contribution < -0.4 is 5.32 Å². The van der Waals surface area contributed by atoms with Crippen LogP contribution in [0.5, 0.6) is 0 Å². The first-order valence-corrected chi connectivity index (χ1v) is 7.81. The Morgan fingerprint density at radius 3 is 2.70 bits per heavy atom. The minimum Gasteiger partial charge on any atom is -0.394 e. The van der Waals surface area contributed by atoms with Gasteiger partial charge in [0, 0.05) is 13.1 Å². The van der Waals surface area contributed by atoms with Gasteiger partial charge < -0.3 is 15.3 Å². The van der Waals surface area contributed by atoms with E-state index in [0.29, 0.717) is 0 Å². The van der Waals surface area contributed by atoms with Crippen molar-refractivity contribution in [3.8, 4) is 0 Å². The fourth-order valence-electron chi connectivity index (χ4n) is 3.37. The first-order chi connectivity index (χ1) is 9.74. The molecule has 1 aromatic carbocycles. The van der Waals surface area contributed by atoms with Gasteiger partial charge in [0.05, 0.1) is 12.1 Å². The molecule has 1 aromatic rings. The van der Waals surface area contributed by atoms with Crippen LogP contribution in [-0.2, 0) is 5.54 Å². The molecule has 2 N–H and O–H groups in total. The Morgan fingerprint density at radius 1 is 1.35 bits per heavy atom. The van der Waals surface area contributed by atoms with Crippen LogP contribution in [-0.4, -0.2) is 43.3 Å². The lowest BCUT2D eigenvalue weighted by atomic mass is 9.90. The smallest absolute Gasteiger partial charge is 0.0795 e. The van der Waals surface area contributed by atoms with Gasteiger partial charge in [0.15, 0.2) is 0 Å². The van der Waals surface area contributed by atoms with Crippen LogP contribution in [0.1, 0.15) is 31.7 Å². The van der Waals surface area contributed by atoms with Gasteiger partial charge in [0.25, 0.3) is 0 Å². The molecule has 0 saturated carbocycles. The largest absolute Gasteiger partial charge is 0.394 e. The third-order valence-electron chi connectivity index (χ3n) is 4.64. The summed E-state index contributed by atoms with van der Waals surface area (Å²) in [6.45, 7) is 5.59. The number of hydrogen-bond donors (Lipinski definition) is 2. The highest BCUT2D eigenvalue weighted by Gasteiger charge is 2.34. The molecule has 0 aliphatic carbocycles. The fourth-order valence-corrected chi connectivity index (χ4v) is 3.37. The van der Waals surface area contributed by atoms with E-state index < -0.39 is 0 Å². The molecule has 1 fully saturated rings. The summed E-state index contributed by atoms with van der Waals surface area (Å²) >= 11 is 0. The Hall–Kier alpha value is -0.900. The Kier molecular flexibility index (Phi) is 5.58. The molecular weight excluding hydrogens is 248 g/mol. The molecule has 2 unspecified atom stereocenters. The number of nitrogens with one attached hydrogen (secondary N) is 1. The summed E-state index contributed by atoms with van der Waals surface area (Å²) in [7, 11) is 1.95. The fraction of sp³-hybridized carbons (Fsp3) is 0.647. The van der Waals surface area contributed by atoms with Crippen LogP contribution in [0, 0.1) is 5.92 Å². The molecule has 2 rings (SSSR count). The average molecular weight is 276 g/mol. The second-order valence-corrected chi connectivity index (χ2v) is 6.03. The molecule has 20 heavy (non-hydrogen) atoms. The van der Waals surface area contributed by atoms with Crippen LogP contribution in [0.2, 0.25) is 0 Å². The summed E-state index contributed by atoms with van der Waals surface area (Å²) in [6, 6.07) is 10.3. The van der Waals surface area contributed by atoms with Crippen LogP contribution >= 0.6 is 0 Å². The molecule has 2 atom stereocenters. The molecule has 3 nitrogen and oxygen atoms in total. The van der Waals surface area contributed by atoms with Crippen molar-refractivity contribution in [2.75, 3.05) is 33.3 Å². The van der Waals surface area contributed by atoms with Crippen molar-refractivity contribution < 1.29 is 5.11 Å². The quantitative estimate of drug-likeness (QED) is 0.801. The van der Waals surface area contributed by atoms with E-state index in [-0.39, 0.29) is 12.1 Å². The van der Waals surface area contributed by atoms with Crippen LogP contribution in [0.15, 0.2) is 30.3 Å². The maximum atomic E-state index is 9.97. The number of rotatable bonds is 7. The van der Waals surface area contributed by atoms with Gasteiger partial charge in [-0.05, 0) is 37.9 Å². The van der Waals surface area contributed by atoms with Crippen molar-refractivity contribution in [2.45, 2.75) is 31.7 Å². The normalized spacial score (nSPS) is 22.9. The van der Waals surface area contributed by atoms with E-state index in [1.165, 1.54) is 31.4 Å². The summed E-state index contributed by atoms with van der Waals surface area (Å²) in [4.78, 5) is 2.50. The van der Waals surface area contributed by atoms with E-state index in [1.54, 1.807) is 0 Å². The molecule has 1 aliphatic heterocycles. The van der Waals surface area contributed by atoms with Gasteiger partial charge in [0.2, 0.25) is 0 Å². The van der Waals surface area contributed by atoms with Crippen molar-refractivity contribution in [3.63, 3.8) is 0 Å². The average Bonchev–Trinajstić information content (AvgIpc) is 2.93. The molecule has 1 saturated heterocycles. The SMILES string of the molecule is CCCC1CCN(CC(CO)(NC)c2ccccc2)C1. The lowest BCUT2D eigenvalue weighted by molar-refractivity contribution is 0.122. The molecular formula is C17H28N2O. The Bertz CT molecular complexity index is 389. The van der Waals surface area contributed by atoms with E-state index in [9.17, 15) is 5.11 Å². The van der Waals surface area contributed by atoms with Gasteiger partial charge in [0.1, 0.15) is 0 Å². The highest BCUT2D eigenvalue weighted by Crippen LogP contribution is 2.27. The third kappa shape index (κ3) is 3.40. The van der Waals surface area contributed by atoms with Gasteiger partial charge in [-0.25, -0.2) is 0 Å². The second-order valence-electron chi connectivity index (χ2n) is 6.03. The third-order valence-corrected chi connectivity index (χ3v) is 4.64. The molecule has 0 spiro atoms. The zero-order chi connectivity index (χ0) is 14.4. The summed E-state index contributed by atoms with van der Waals surface area (Å²) in [5.41, 5.74) is 0.825. The number of benzene rings is 1. The molecule has 1 aliphatic rings. The Labute approximate surface area is 123 Å². The molecule has 112 valence electrons. The van der Waals surface area contributed by atoms with Crippen molar-refractivity contribution in [1.82, 2.24) is 10.2 Å². The summed E-state index contributed by atoms with van der Waals surface area (Å²) < 4.78 is 0. The Balaban J connectivity index is 2.07. The van der Waals surface area contributed by atoms with Gasteiger partial charge in [-0.1, -0.05) is 43.7 Å². The highest BCUT2D eigenvalue weighted by molar-refractivity contribution is 5.25. The molecule has 0 radical (unpaired) electrons. The highest BCUT2D eigenvalue weighted by atomic mass is 16.3. The zero-order valence-corrected chi connectivity index (χ0v) is 12.8. The first kappa shape index (κ1) is 15.5. The molecule has 0 bridgehead atoms. The summed E-state index contributed by atoms with van der Waals surface area (Å²) in [5.74, 6) is 0.837. The monoisotopic (exact) mass is 276 g/mol. The molecule has 0 aromatic heterocycles. The minimum atomic E-state index is -0.345. The standard InChI is InChI=1S/C17H28N2O/c1-3-7-15-10-11-19(12-15)13-17(14-20,18-2)16-8-5-4-6-9-16/h4-6,8-9,15,18,20H,3,7,10-14H2,1-2H3. The lowest BCUT2D eigenvalue weighted by Crippen LogP contribution is -2.51. The van der Waals surface area contributed by atoms with E-state index >= 15 is 0 Å².